The van der Waals surface area contributed by atoms with Crippen molar-refractivity contribution >= 4 is 40.9 Å². The first-order valence-corrected chi connectivity index (χ1v) is 13.0. The molecule has 11 nitrogen and oxygen atoms in total. The third-order valence-corrected chi connectivity index (χ3v) is 7.22. The van der Waals surface area contributed by atoms with Crippen molar-refractivity contribution in [3.05, 3.63) is 111 Å². The number of nitro groups is 1. The number of benzene rings is 3. The van der Waals surface area contributed by atoms with E-state index in [1.165, 1.54) is 77.7 Å². The Kier molecular flexibility index (Phi) is 7.74. The number of carbonyl (C=O) groups excluding carboxylic acids is 5. The molecule has 0 saturated carbocycles. The standard InChI is InChI=1S/C31H24N2O9/c1-18-2-15-25-26(16-18)29(36)32(28(25)35)22-9-3-20(4-10-22)30(37)41-17-27(34)19-7-13-24(14-8-19)42-31(38)21-5-11-23(12-6-21)33(39)40/h2-14,25-26H,15-17H2,1H3. The molecule has 0 aromatic heterocycles. The Labute approximate surface area is 239 Å². The van der Waals surface area contributed by atoms with E-state index in [1.54, 1.807) is 0 Å². The lowest BCUT2D eigenvalue weighted by Gasteiger charge is -2.18. The molecule has 1 heterocycles. The number of hydrogen-bond donors (Lipinski definition) is 0. The Balaban J connectivity index is 1.14. The zero-order valence-corrected chi connectivity index (χ0v) is 22.4. The van der Waals surface area contributed by atoms with Gasteiger partial charge in [0.2, 0.25) is 11.8 Å². The minimum Gasteiger partial charge on any atom is -0.454 e. The van der Waals surface area contributed by atoms with Crippen molar-refractivity contribution in [2.45, 2.75) is 19.8 Å². The first-order chi connectivity index (χ1) is 20.1. The Morgan fingerprint density at radius 2 is 1.40 bits per heavy atom. The van der Waals surface area contributed by atoms with Crippen LogP contribution >= 0.6 is 0 Å². The van der Waals surface area contributed by atoms with E-state index in [0.29, 0.717) is 18.5 Å². The predicted octanol–water partition coefficient (Wildman–Crippen LogP) is 4.70. The van der Waals surface area contributed by atoms with Crippen LogP contribution in [0.1, 0.15) is 50.8 Å². The van der Waals surface area contributed by atoms with Gasteiger partial charge in [0.05, 0.1) is 33.6 Å². The van der Waals surface area contributed by atoms with Gasteiger partial charge in [0.15, 0.2) is 12.4 Å². The fourth-order valence-corrected chi connectivity index (χ4v) is 4.93. The molecule has 0 spiro atoms. The summed E-state index contributed by atoms with van der Waals surface area (Å²) in [5.74, 6) is -3.06. The van der Waals surface area contributed by atoms with E-state index < -0.39 is 29.3 Å². The quantitative estimate of drug-likeness (QED) is 0.0716. The van der Waals surface area contributed by atoms with E-state index in [2.05, 4.69) is 0 Å². The van der Waals surface area contributed by atoms with Crippen LogP contribution in [-0.4, -0.2) is 41.1 Å². The first-order valence-electron chi connectivity index (χ1n) is 13.0. The molecule has 5 rings (SSSR count). The number of carbonyl (C=O) groups is 5. The highest BCUT2D eigenvalue weighted by Crippen LogP contribution is 2.39. The zero-order chi connectivity index (χ0) is 30.0. The summed E-state index contributed by atoms with van der Waals surface area (Å²) in [5, 5.41) is 10.7. The maximum atomic E-state index is 12.9. The van der Waals surface area contributed by atoms with E-state index >= 15 is 0 Å². The monoisotopic (exact) mass is 568 g/mol. The fourth-order valence-electron chi connectivity index (χ4n) is 4.93. The Morgan fingerprint density at radius 3 is 2.05 bits per heavy atom. The second kappa shape index (κ2) is 11.6. The molecular weight excluding hydrogens is 544 g/mol. The number of amides is 2. The van der Waals surface area contributed by atoms with Gasteiger partial charge in [-0.3, -0.25) is 29.4 Å². The van der Waals surface area contributed by atoms with Crippen LogP contribution in [0.5, 0.6) is 5.75 Å². The smallest absolute Gasteiger partial charge is 0.343 e. The van der Waals surface area contributed by atoms with Crippen LogP contribution in [0.2, 0.25) is 0 Å². The van der Waals surface area contributed by atoms with Crippen molar-refractivity contribution < 1.29 is 38.4 Å². The summed E-state index contributed by atoms with van der Waals surface area (Å²) in [5.41, 5.74) is 1.78. The summed E-state index contributed by atoms with van der Waals surface area (Å²) in [6.07, 6.45) is 3.08. The molecule has 212 valence electrons. The van der Waals surface area contributed by atoms with Gasteiger partial charge >= 0.3 is 11.9 Å². The molecule has 11 heteroatoms. The summed E-state index contributed by atoms with van der Waals surface area (Å²) in [6.45, 7) is 1.40. The number of rotatable bonds is 8. The average molecular weight is 569 g/mol. The number of allylic oxidation sites excluding steroid dienone is 2. The number of fused-ring (bicyclic) bond motifs is 1. The molecule has 1 fully saturated rings. The van der Waals surface area contributed by atoms with Gasteiger partial charge in [-0.25, -0.2) is 9.59 Å². The van der Waals surface area contributed by atoms with Crippen molar-refractivity contribution in [3.8, 4) is 5.75 Å². The Bertz CT molecular complexity index is 1620. The van der Waals surface area contributed by atoms with Gasteiger partial charge in [-0.2, -0.15) is 0 Å². The third kappa shape index (κ3) is 5.71. The second-order valence-corrected chi connectivity index (χ2v) is 9.98. The van der Waals surface area contributed by atoms with Crippen LogP contribution in [0.4, 0.5) is 11.4 Å². The second-order valence-electron chi connectivity index (χ2n) is 9.98. The largest absolute Gasteiger partial charge is 0.454 e. The molecule has 0 radical (unpaired) electrons. The van der Waals surface area contributed by atoms with Gasteiger partial charge in [0, 0.05) is 17.7 Å². The van der Waals surface area contributed by atoms with Crippen LogP contribution in [0.15, 0.2) is 84.4 Å². The average Bonchev–Trinajstić information content (AvgIpc) is 3.24. The van der Waals surface area contributed by atoms with Crippen molar-refractivity contribution in [2.75, 3.05) is 11.5 Å². The van der Waals surface area contributed by atoms with Gasteiger partial charge in [-0.15, -0.1) is 0 Å². The van der Waals surface area contributed by atoms with Gasteiger partial charge < -0.3 is 9.47 Å². The normalized spacial score (nSPS) is 17.7. The third-order valence-electron chi connectivity index (χ3n) is 7.22. The highest BCUT2D eigenvalue weighted by molar-refractivity contribution is 6.22. The number of esters is 2. The molecule has 3 aromatic carbocycles. The molecule has 1 saturated heterocycles. The Hall–Kier alpha value is -5.45. The fraction of sp³-hybridized carbons (Fsp3) is 0.194. The Morgan fingerprint density at radius 1 is 0.833 bits per heavy atom. The molecule has 2 unspecified atom stereocenters. The predicted molar refractivity (Wildman–Crippen MR) is 148 cm³/mol. The molecule has 1 aliphatic carbocycles. The lowest BCUT2D eigenvalue weighted by molar-refractivity contribution is -0.384. The maximum absolute atomic E-state index is 12.9. The van der Waals surface area contributed by atoms with Crippen molar-refractivity contribution in [1.82, 2.24) is 0 Å². The van der Waals surface area contributed by atoms with Crippen molar-refractivity contribution in [1.29, 1.82) is 0 Å². The molecule has 0 N–H and O–H groups in total. The first kappa shape index (κ1) is 28.1. The minimum absolute atomic E-state index is 0.115. The summed E-state index contributed by atoms with van der Waals surface area (Å²) in [4.78, 5) is 74.4. The molecule has 42 heavy (non-hydrogen) atoms. The van der Waals surface area contributed by atoms with Gasteiger partial charge in [-0.05, 0) is 80.4 Å². The molecule has 2 atom stereocenters. The zero-order valence-electron chi connectivity index (χ0n) is 22.4. The number of nitrogens with zero attached hydrogens (tertiary/aromatic N) is 2. The SMILES string of the molecule is CC1=CCC2C(=O)N(c3ccc(C(=O)OCC(=O)c4ccc(OC(=O)c5ccc([N+](=O)[O-])cc5)cc4)cc3)C(=O)C2C1. The van der Waals surface area contributed by atoms with Crippen LogP contribution in [-0.2, 0) is 14.3 Å². The highest BCUT2D eigenvalue weighted by atomic mass is 16.6. The van der Waals surface area contributed by atoms with Gasteiger partial charge in [0.1, 0.15) is 5.75 Å². The van der Waals surface area contributed by atoms with Crippen LogP contribution in [0, 0.1) is 22.0 Å². The maximum Gasteiger partial charge on any atom is 0.343 e. The molecular formula is C31H24N2O9. The van der Waals surface area contributed by atoms with Crippen molar-refractivity contribution in [3.63, 3.8) is 0 Å². The van der Waals surface area contributed by atoms with Crippen LogP contribution < -0.4 is 9.64 Å². The van der Waals surface area contributed by atoms with E-state index in [1.807, 2.05) is 13.0 Å². The summed E-state index contributed by atoms with van der Waals surface area (Å²) in [7, 11) is 0. The van der Waals surface area contributed by atoms with Crippen LogP contribution in [0.3, 0.4) is 0 Å². The molecule has 2 aliphatic rings. The number of nitro benzene ring substituents is 1. The molecule has 1 aliphatic heterocycles. The number of anilines is 1. The summed E-state index contributed by atoms with van der Waals surface area (Å²) >= 11 is 0. The number of hydrogen-bond acceptors (Lipinski definition) is 9. The number of imide groups is 1. The van der Waals surface area contributed by atoms with E-state index in [0.717, 1.165) is 5.57 Å². The number of non-ortho nitro benzene ring substituents is 1. The van der Waals surface area contributed by atoms with E-state index in [-0.39, 0.29) is 51.8 Å². The van der Waals surface area contributed by atoms with E-state index in [9.17, 15) is 34.1 Å². The van der Waals surface area contributed by atoms with Crippen molar-refractivity contribution in [2.24, 2.45) is 11.8 Å². The molecule has 2 amide bonds. The van der Waals surface area contributed by atoms with Gasteiger partial charge in [0.25, 0.3) is 5.69 Å². The van der Waals surface area contributed by atoms with Gasteiger partial charge in [-0.1, -0.05) is 11.6 Å². The summed E-state index contributed by atoms with van der Waals surface area (Å²) < 4.78 is 10.4. The van der Waals surface area contributed by atoms with Crippen LogP contribution in [0.25, 0.3) is 0 Å². The number of Topliss-reactive ketones (excluding diaryl/α,β-unsaturated/α-hetero) is 1. The lowest BCUT2D eigenvalue weighted by atomic mass is 9.82. The molecule has 0 bridgehead atoms. The lowest BCUT2D eigenvalue weighted by Crippen LogP contribution is -2.30. The number of ketones is 1. The minimum atomic E-state index is -0.754. The molecule has 3 aromatic rings. The van der Waals surface area contributed by atoms with E-state index in [4.69, 9.17) is 9.47 Å². The number of ether oxygens (including phenoxy) is 2. The summed E-state index contributed by atoms with van der Waals surface area (Å²) in [6, 6.07) is 16.4. The topological polar surface area (TPSA) is 150 Å². The highest BCUT2D eigenvalue weighted by Gasteiger charge is 2.48.